The minimum Gasteiger partial charge on any atom is -0.392 e. The highest BCUT2D eigenvalue weighted by Crippen LogP contribution is 2.16. The van der Waals surface area contributed by atoms with Crippen molar-refractivity contribution in [1.82, 2.24) is 15.1 Å². The number of hydrogen-bond acceptors (Lipinski definition) is 5. The van der Waals surface area contributed by atoms with E-state index in [0.717, 1.165) is 0 Å². The van der Waals surface area contributed by atoms with Gasteiger partial charge in [0.25, 0.3) is 5.91 Å². The van der Waals surface area contributed by atoms with E-state index >= 15 is 0 Å². The van der Waals surface area contributed by atoms with Crippen LogP contribution in [0.3, 0.4) is 0 Å². The lowest BCUT2D eigenvalue weighted by molar-refractivity contribution is 0.0828. The monoisotopic (exact) mass is 258 g/mol. The van der Waals surface area contributed by atoms with Crippen molar-refractivity contribution >= 4 is 23.3 Å². The molecule has 0 fully saturated rings. The number of halogens is 1. The highest BCUT2D eigenvalue weighted by atomic mass is 35.5. The smallest absolute Gasteiger partial charge is 0.257 e. The third-order valence-electron chi connectivity index (χ3n) is 1.97. The summed E-state index contributed by atoms with van der Waals surface area (Å²) in [5, 5.41) is 19.6. The van der Waals surface area contributed by atoms with Gasteiger partial charge in [0.1, 0.15) is 0 Å². The summed E-state index contributed by atoms with van der Waals surface area (Å²) in [6, 6.07) is 1.45. The van der Waals surface area contributed by atoms with E-state index in [-0.39, 0.29) is 17.6 Å². The highest BCUT2D eigenvalue weighted by molar-refractivity contribution is 6.29. The van der Waals surface area contributed by atoms with Gasteiger partial charge in [0, 0.05) is 20.6 Å². The summed E-state index contributed by atoms with van der Waals surface area (Å²) in [7, 11) is 3.27. The lowest BCUT2D eigenvalue weighted by Crippen LogP contribution is -2.25. The lowest BCUT2D eigenvalue weighted by Gasteiger charge is -2.14. The molecule has 6 nitrogen and oxygen atoms in total. The number of nitrogens with one attached hydrogen (secondary N) is 1. The van der Waals surface area contributed by atoms with Crippen LogP contribution in [0.1, 0.15) is 17.3 Å². The van der Waals surface area contributed by atoms with Crippen LogP contribution in [0.4, 0.5) is 5.82 Å². The van der Waals surface area contributed by atoms with E-state index in [9.17, 15) is 9.90 Å². The number of aromatic nitrogens is 2. The van der Waals surface area contributed by atoms with E-state index in [0.29, 0.717) is 11.4 Å². The Balaban J connectivity index is 2.99. The molecule has 0 saturated heterocycles. The van der Waals surface area contributed by atoms with Gasteiger partial charge in [-0.3, -0.25) is 4.79 Å². The standard InChI is InChI=1S/C10H15ClN4O2/c1-6(16)5-12-9-7(10(17)15(2)3)4-8(11)13-14-9/h4,6,16H,5H2,1-3H3,(H,12,14)/t6-/m1/s1. The number of carbonyl (C=O) groups excluding carboxylic acids is 1. The Kier molecular flexibility index (Phi) is 4.65. The SMILES string of the molecule is C[C@@H](O)CNc1nnc(Cl)cc1C(=O)N(C)C. The van der Waals surface area contributed by atoms with Crippen molar-refractivity contribution in [1.29, 1.82) is 0 Å². The van der Waals surface area contributed by atoms with Crippen LogP contribution in [0.15, 0.2) is 6.07 Å². The van der Waals surface area contributed by atoms with Crippen LogP contribution in [-0.4, -0.2) is 52.9 Å². The maximum absolute atomic E-state index is 11.9. The molecule has 1 amide bonds. The molecule has 2 N–H and O–H groups in total. The number of aliphatic hydroxyl groups is 1. The molecule has 0 aliphatic rings. The summed E-state index contributed by atoms with van der Waals surface area (Å²) in [5.74, 6) is 0.0869. The number of carbonyl (C=O) groups is 1. The van der Waals surface area contributed by atoms with Gasteiger partial charge in [0.05, 0.1) is 11.7 Å². The summed E-state index contributed by atoms with van der Waals surface area (Å²) in [6.45, 7) is 1.91. The third-order valence-corrected chi connectivity index (χ3v) is 2.15. The maximum Gasteiger partial charge on any atom is 0.257 e. The number of aliphatic hydroxyl groups excluding tert-OH is 1. The van der Waals surface area contributed by atoms with Crippen molar-refractivity contribution in [2.45, 2.75) is 13.0 Å². The van der Waals surface area contributed by atoms with Gasteiger partial charge in [-0.25, -0.2) is 0 Å². The second-order valence-electron chi connectivity index (χ2n) is 3.86. The molecule has 0 aliphatic carbocycles. The molecule has 1 rings (SSSR count). The van der Waals surface area contributed by atoms with E-state index in [1.54, 1.807) is 21.0 Å². The van der Waals surface area contributed by atoms with Gasteiger partial charge in [-0.05, 0) is 13.0 Å². The van der Waals surface area contributed by atoms with Crippen LogP contribution in [0.2, 0.25) is 5.15 Å². The molecule has 1 atom stereocenters. The van der Waals surface area contributed by atoms with Crippen molar-refractivity contribution in [3.05, 3.63) is 16.8 Å². The van der Waals surface area contributed by atoms with Crippen LogP contribution in [0.25, 0.3) is 0 Å². The average molecular weight is 259 g/mol. The number of amides is 1. The van der Waals surface area contributed by atoms with E-state index in [1.807, 2.05) is 0 Å². The average Bonchev–Trinajstić information content (AvgIpc) is 2.26. The zero-order valence-corrected chi connectivity index (χ0v) is 10.7. The number of rotatable bonds is 4. The molecule has 0 bridgehead atoms. The van der Waals surface area contributed by atoms with Crippen LogP contribution in [-0.2, 0) is 0 Å². The van der Waals surface area contributed by atoms with Crippen LogP contribution in [0.5, 0.6) is 0 Å². The molecule has 0 aromatic carbocycles. The van der Waals surface area contributed by atoms with E-state index in [1.165, 1.54) is 11.0 Å². The fourth-order valence-electron chi connectivity index (χ4n) is 1.15. The van der Waals surface area contributed by atoms with E-state index in [4.69, 9.17) is 11.6 Å². The first-order chi connectivity index (χ1) is 7.91. The Labute approximate surface area is 105 Å². The lowest BCUT2D eigenvalue weighted by atomic mass is 10.2. The zero-order valence-electron chi connectivity index (χ0n) is 9.94. The van der Waals surface area contributed by atoms with Gasteiger partial charge in [-0.15, -0.1) is 10.2 Å². The molecule has 17 heavy (non-hydrogen) atoms. The highest BCUT2D eigenvalue weighted by Gasteiger charge is 2.16. The molecular weight excluding hydrogens is 244 g/mol. The molecule has 1 aromatic rings. The molecule has 94 valence electrons. The number of hydrogen-bond donors (Lipinski definition) is 2. The first-order valence-electron chi connectivity index (χ1n) is 5.08. The van der Waals surface area contributed by atoms with Gasteiger partial charge < -0.3 is 15.3 Å². The maximum atomic E-state index is 11.9. The Hall–Kier alpha value is -1.40. The van der Waals surface area contributed by atoms with Crippen LogP contribution >= 0.6 is 11.6 Å². The Morgan fingerprint density at radius 3 is 2.76 bits per heavy atom. The van der Waals surface area contributed by atoms with Gasteiger partial charge >= 0.3 is 0 Å². The number of nitrogens with zero attached hydrogens (tertiary/aromatic N) is 3. The minimum absolute atomic E-state index is 0.151. The summed E-state index contributed by atoms with van der Waals surface area (Å²) >= 11 is 5.71. The Morgan fingerprint density at radius 1 is 1.59 bits per heavy atom. The molecule has 7 heteroatoms. The zero-order chi connectivity index (χ0) is 13.0. The largest absolute Gasteiger partial charge is 0.392 e. The van der Waals surface area contributed by atoms with Gasteiger partial charge in [-0.1, -0.05) is 11.6 Å². The second kappa shape index (κ2) is 5.79. The Bertz CT molecular complexity index is 409. The third kappa shape index (κ3) is 3.83. The predicted molar refractivity (Wildman–Crippen MR) is 65.2 cm³/mol. The molecule has 0 aliphatic heterocycles. The molecular formula is C10H15ClN4O2. The van der Waals surface area contributed by atoms with Crippen molar-refractivity contribution in [2.24, 2.45) is 0 Å². The van der Waals surface area contributed by atoms with Crippen molar-refractivity contribution in [2.75, 3.05) is 26.0 Å². The molecule has 0 spiro atoms. The van der Waals surface area contributed by atoms with Crippen molar-refractivity contribution in [3.63, 3.8) is 0 Å². The molecule has 0 saturated carbocycles. The van der Waals surface area contributed by atoms with Crippen LogP contribution < -0.4 is 5.32 Å². The van der Waals surface area contributed by atoms with Gasteiger partial charge in [-0.2, -0.15) is 0 Å². The van der Waals surface area contributed by atoms with Crippen molar-refractivity contribution in [3.8, 4) is 0 Å². The molecule has 0 unspecified atom stereocenters. The van der Waals surface area contributed by atoms with Crippen LogP contribution in [0, 0.1) is 0 Å². The Morgan fingerprint density at radius 2 is 2.24 bits per heavy atom. The van der Waals surface area contributed by atoms with Gasteiger partial charge in [0.2, 0.25) is 0 Å². The molecule has 1 aromatic heterocycles. The predicted octanol–water partition coefficient (Wildman–Crippen LogP) is 0.624. The minimum atomic E-state index is -0.546. The summed E-state index contributed by atoms with van der Waals surface area (Å²) in [4.78, 5) is 13.3. The molecule has 0 radical (unpaired) electrons. The summed E-state index contributed by atoms with van der Waals surface area (Å²) < 4.78 is 0. The van der Waals surface area contributed by atoms with Crippen molar-refractivity contribution < 1.29 is 9.90 Å². The number of anilines is 1. The quantitative estimate of drug-likeness (QED) is 0.828. The normalized spacial score (nSPS) is 12.1. The fraction of sp³-hybridized carbons (Fsp3) is 0.500. The first kappa shape index (κ1) is 13.7. The first-order valence-corrected chi connectivity index (χ1v) is 5.46. The fourth-order valence-corrected chi connectivity index (χ4v) is 1.29. The van der Waals surface area contributed by atoms with E-state index < -0.39 is 6.10 Å². The van der Waals surface area contributed by atoms with Gasteiger partial charge in [0.15, 0.2) is 11.0 Å². The molecule has 1 heterocycles. The summed E-state index contributed by atoms with van der Waals surface area (Å²) in [5.41, 5.74) is 0.329. The summed E-state index contributed by atoms with van der Waals surface area (Å²) in [6.07, 6.45) is -0.546. The van der Waals surface area contributed by atoms with E-state index in [2.05, 4.69) is 15.5 Å². The topological polar surface area (TPSA) is 78.3 Å². The second-order valence-corrected chi connectivity index (χ2v) is 4.25.